The van der Waals surface area contributed by atoms with Crippen LogP contribution in [-0.4, -0.2) is 77.7 Å². The van der Waals surface area contributed by atoms with Crippen molar-refractivity contribution >= 4 is 11.9 Å². The second-order valence-corrected chi connectivity index (χ2v) is 16.5. The minimum Gasteiger partial charge on any atom is -0.481 e. The molecule has 2 aromatic carbocycles. The van der Waals surface area contributed by atoms with Crippen molar-refractivity contribution in [1.29, 1.82) is 0 Å². The summed E-state index contributed by atoms with van der Waals surface area (Å²) in [4.78, 5) is 40.6. The zero-order chi connectivity index (χ0) is 42.7. The maximum absolute atomic E-state index is 11.7. The molecule has 4 heterocycles. The summed E-state index contributed by atoms with van der Waals surface area (Å²) in [6, 6.07) is 23.4. The normalized spacial score (nSPS) is 11.6. The van der Waals surface area contributed by atoms with Gasteiger partial charge in [-0.15, -0.1) is 0 Å². The molecule has 14 nitrogen and oxygen atoms in total. The van der Waals surface area contributed by atoms with Crippen molar-refractivity contribution in [2.45, 2.75) is 68.2 Å². The fourth-order valence-corrected chi connectivity index (χ4v) is 5.61. The van der Waals surface area contributed by atoms with Crippen molar-refractivity contribution in [3.05, 3.63) is 96.8 Å². The molecule has 3 N–H and O–H groups in total. The quantitative estimate of drug-likeness (QED) is 0.0792. The van der Waals surface area contributed by atoms with Crippen LogP contribution in [0.15, 0.2) is 85.2 Å². The number of nitrogens with one attached hydrogen (secondary N) is 2. The van der Waals surface area contributed by atoms with Gasteiger partial charge < -0.3 is 19.3 Å². The molecule has 6 aromatic rings. The van der Waals surface area contributed by atoms with Gasteiger partial charge in [-0.05, 0) is 62.8 Å². The molecule has 0 amide bonds. The minimum atomic E-state index is -0.967. The summed E-state index contributed by atoms with van der Waals surface area (Å²) in [5.74, 6) is 3.88. The van der Waals surface area contributed by atoms with Gasteiger partial charge in [0.1, 0.15) is 24.9 Å². The standard InChI is InChI=1S/C23H28N4O3.C22H26N4O3/c1-15(2)12-19-25-21(27-26-19)17-8-6-16(7-9-17)18-10-11-20(24-13-18)30-14-23(3,4)22(28)29-5;1-14(2)11-18-24-20(26-25-18)16-7-5-15(6-8-16)17-9-10-19(23-12-17)29-13-22(3,4)21(27)28/h6-11,13,15H,12,14H2,1-5H3,(H,25,26,27);5-10,12,14H,11,13H2,1-4H3,(H,27,28)(H,24,25,26). The van der Waals surface area contributed by atoms with Gasteiger partial charge in [-0.1, -0.05) is 76.2 Å². The molecule has 14 heteroatoms. The molecule has 0 aliphatic carbocycles. The van der Waals surface area contributed by atoms with Crippen LogP contribution in [0.4, 0.5) is 0 Å². The Labute approximate surface area is 345 Å². The van der Waals surface area contributed by atoms with Gasteiger partial charge in [0.05, 0.1) is 17.9 Å². The molecule has 0 atom stereocenters. The number of carbonyl (C=O) groups excluding carboxylic acids is 1. The fourth-order valence-electron chi connectivity index (χ4n) is 5.61. The molecule has 59 heavy (non-hydrogen) atoms. The fraction of sp³-hybridized carbons (Fsp3) is 0.378. The van der Waals surface area contributed by atoms with Gasteiger partial charge in [-0.2, -0.15) is 10.2 Å². The van der Waals surface area contributed by atoms with Gasteiger partial charge in [0.25, 0.3) is 0 Å². The Kier molecular flexibility index (Phi) is 14.3. The van der Waals surface area contributed by atoms with E-state index in [1.807, 2.05) is 60.7 Å². The summed E-state index contributed by atoms with van der Waals surface area (Å²) in [6.45, 7) is 15.6. The summed E-state index contributed by atoms with van der Waals surface area (Å²) >= 11 is 0. The second kappa shape index (κ2) is 19.3. The number of hydrogen-bond donors (Lipinski definition) is 3. The third-order valence-electron chi connectivity index (χ3n) is 9.17. The van der Waals surface area contributed by atoms with Crippen molar-refractivity contribution < 1.29 is 28.9 Å². The Morgan fingerprint density at radius 2 is 0.966 bits per heavy atom. The molecule has 0 saturated carbocycles. The number of aliphatic carboxylic acids is 1. The number of pyridine rings is 2. The number of carbonyl (C=O) groups is 2. The first-order valence-corrected chi connectivity index (χ1v) is 19.6. The molecule has 0 fully saturated rings. The van der Waals surface area contributed by atoms with Crippen molar-refractivity contribution in [3.8, 4) is 56.8 Å². The Bertz CT molecular complexity index is 2260. The van der Waals surface area contributed by atoms with E-state index >= 15 is 0 Å². The Morgan fingerprint density at radius 1 is 0.593 bits per heavy atom. The van der Waals surface area contributed by atoms with Crippen LogP contribution in [0.25, 0.3) is 45.0 Å². The molecule has 0 saturated heterocycles. The van der Waals surface area contributed by atoms with Crippen LogP contribution >= 0.6 is 0 Å². The van der Waals surface area contributed by atoms with E-state index in [2.05, 4.69) is 68.0 Å². The van der Waals surface area contributed by atoms with Crippen LogP contribution in [0, 0.1) is 22.7 Å². The first-order chi connectivity index (χ1) is 28.0. The van der Waals surface area contributed by atoms with Gasteiger partial charge in [-0.3, -0.25) is 19.8 Å². The van der Waals surface area contributed by atoms with Crippen molar-refractivity contribution in [2.24, 2.45) is 22.7 Å². The molecule has 0 radical (unpaired) electrons. The number of aromatic nitrogens is 8. The number of carboxylic acids is 1. The van der Waals surface area contributed by atoms with Crippen molar-refractivity contribution in [1.82, 2.24) is 40.3 Å². The number of methoxy groups -OCH3 is 1. The lowest BCUT2D eigenvalue weighted by molar-refractivity contribution is -0.152. The van der Waals surface area contributed by atoms with Crippen LogP contribution in [0.1, 0.15) is 67.0 Å². The molecule has 310 valence electrons. The van der Waals surface area contributed by atoms with Crippen LogP contribution in [-0.2, 0) is 27.2 Å². The van der Waals surface area contributed by atoms with Gasteiger partial charge >= 0.3 is 11.9 Å². The van der Waals surface area contributed by atoms with E-state index in [1.165, 1.54) is 7.11 Å². The highest BCUT2D eigenvalue weighted by Crippen LogP contribution is 2.27. The van der Waals surface area contributed by atoms with E-state index < -0.39 is 16.8 Å². The summed E-state index contributed by atoms with van der Waals surface area (Å²) in [7, 11) is 1.37. The second-order valence-electron chi connectivity index (χ2n) is 16.5. The van der Waals surface area contributed by atoms with Crippen molar-refractivity contribution in [3.63, 3.8) is 0 Å². The maximum Gasteiger partial charge on any atom is 0.314 e. The highest BCUT2D eigenvalue weighted by molar-refractivity contribution is 5.76. The van der Waals surface area contributed by atoms with Crippen LogP contribution < -0.4 is 9.47 Å². The van der Waals surface area contributed by atoms with E-state index in [4.69, 9.17) is 19.3 Å². The number of esters is 1. The monoisotopic (exact) mass is 802 g/mol. The highest BCUT2D eigenvalue weighted by Gasteiger charge is 2.30. The zero-order valence-corrected chi connectivity index (χ0v) is 35.2. The molecule has 0 spiro atoms. The first-order valence-electron chi connectivity index (χ1n) is 19.6. The summed E-state index contributed by atoms with van der Waals surface area (Å²) in [5, 5.41) is 23.8. The number of rotatable bonds is 16. The average molecular weight is 803 g/mol. The van der Waals surface area contributed by atoms with Crippen molar-refractivity contribution in [2.75, 3.05) is 20.3 Å². The predicted octanol–water partition coefficient (Wildman–Crippen LogP) is 8.53. The zero-order valence-electron chi connectivity index (χ0n) is 35.2. The van der Waals surface area contributed by atoms with Gasteiger partial charge in [0.15, 0.2) is 11.6 Å². The third-order valence-corrected chi connectivity index (χ3v) is 9.17. The molecule has 4 aromatic heterocycles. The lowest BCUT2D eigenvalue weighted by atomic mass is 9.95. The molecule has 0 aliphatic rings. The third kappa shape index (κ3) is 12.3. The van der Waals surface area contributed by atoms with E-state index in [9.17, 15) is 9.59 Å². The largest absolute Gasteiger partial charge is 0.481 e. The Morgan fingerprint density at radius 3 is 1.31 bits per heavy atom. The molecule has 0 unspecified atom stereocenters. The number of aromatic amines is 2. The topological polar surface area (TPSA) is 191 Å². The molecular formula is C45H54N8O6. The minimum absolute atomic E-state index is 0.0544. The summed E-state index contributed by atoms with van der Waals surface area (Å²) in [5.41, 5.74) is 4.16. The number of hydrogen-bond acceptors (Lipinski definition) is 11. The van der Waals surface area contributed by atoms with E-state index in [-0.39, 0.29) is 19.2 Å². The number of nitrogens with zero attached hydrogens (tertiary/aromatic N) is 6. The summed E-state index contributed by atoms with van der Waals surface area (Å²) in [6.07, 6.45) is 5.21. The Hall–Kier alpha value is -6.44. The number of H-pyrrole nitrogens is 2. The van der Waals surface area contributed by atoms with E-state index in [0.29, 0.717) is 35.2 Å². The lowest BCUT2D eigenvalue weighted by Gasteiger charge is -2.21. The number of ether oxygens (including phenoxy) is 3. The van der Waals surface area contributed by atoms with E-state index in [0.717, 1.165) is 57.9 Å². The van der Waals surface area contributed by atoms with E-state index in [1.54, 1.807) is 52.2 Å². The first kappa shape index (κ1) is 43.7. The highest BCUT2D eigenvalue weighted by atomic mass is 16.5. The SMILES string of the molecule is CC(C)Cc1nc(-c2ccc(-c3ccc(OCC(C)(C)C(=O)O)nc3)cc2)n[nH]1.COC(=O)C(C)(C)COc1ccc(-c2ccc(-c3n[nH]c(CC(C)C)n3)cc2)cn1. The summed E-state index contributed by atoms with van der Waals surface area (Å²) < 4.78 is 16.0. The molecule has 0 aliphatic heterocycles. The Balaban J connectivity index is 0.000000224. The van der Waals surface area contributed by atoms with Gasteiger partial charge in [0.2, 0.25) is 11.8 Å². The maximum atomic E-state index is 11.7. The number of benzene rings is 2. The average Bonchev–Trinajstić information content (AvgIpc) is 3.89. The van der Waals surface area contributed by atoms with Gasteiger partial charge in [0, 0.05) is 59.6 Å². The number of carboxylic acid groups (broad SMARTS) is 1. The van der Waals surface area contributed by atoms with Crippen LogP contribution in [0.2, 0.25) is 0 Å². The van der Waals surface area contributed by atoms with Crippen LogP contribution in [0.3, 0.4) is 0 Å². The predicted molar refractivity (Wildman–Crippen MR) is 225 cm³/mol. The van der Waals surface area contributed by atoms with Crippen LogP contribution in [0.5, 0.6) is 11.8 Å². The lowest BCUT2D eigenvalue weighted by Crippen LogP contribution is -2.32. The molecule has 6 rings (SSSR count). The van der Waals surface area contributed by atoms with Gasteiger partial charge in [-0.25, -0.2) is 19.9 Å². The smallest absolute Gasteiger partial charge is 0.314 e. The molecule has 0 bridgehead atoms. The molecular weight excluding hydrogens is 749 g/mol.